The number of primary sulfonamides is 1. The smallest absolute Gasteiger partial charge is 0.238 e. The largest absolute Gasteiger partial charge is 0.493 e. The average molecular weight is 406 g/mol. The molecule has 0 aliphatic carbocycles. The van der Waals surface area contributed by atoms with Gasteiger partial charge in [-0.15, -0.1) is 5.10 Å². The Labute approximate surface area is 161 Å². The third-order valence-electron chi connectivity index (χ3n) is 3.76. The first-order valence-electron chi connectivity index (χ1n) is 8.09. The zero-order valence-corrected chi connectivity index (χ0v) is 16.5. The van der Waals surface area contributed by atoms with E-state index >= 15 is 0 Å². The van der Waals surface area contributed by atoms with E-state index in [1.165, 1.54) is 29.5 Å². The van der Waals surface area contributed by atoms with E-state index < -0.39 is 10.0 Å². The van der Waals surface area contributed by atoms with Gasteiger partial charge in [0.2, 0.25) is 15.2 Å². The maximum absolute atomic E-state index is 11.2. The summed E-state index contributed by atoms with van der Waals surface area (Å²) in [6.45, 7) is 4.48. The lowest BCUT2D eigenvalue weighted by Crippen LogP contribution is -2.11. The monoisotopic (exact) mass is 405 g/mol. The Kier molecular flexibility index (Phi) is 5.78. The van der Waals surface area contributed by atoms with Crippen molar-refractivity contribution < 1.29 is 13.2 Å². The third-order valence-corrected chi connectivity index (χ3v) is 5.57. The molecule has 0 unspecified atom stereocenters. The average Bonchev–Trinajstić information content (AvgIpc) is 3.06. The maximum Gasteiger partial charge on any atom is 0.238 e. The fourth-order valence-electron chi connectivity index (χ4n) is 2.48. The van der Waals surface area contributed by atoms with Crippen LogP contribution in [0.1, 0.15) is 11.1 Å². The summed E-state index contributed by atoms with van der Waals surface area (Å²) in [5, 5.41) is 17.7. The van der Waals surface area contributed by atoms with Gasteiger partial charge in [-0.3, -0.25) is 0 Å². The Morgan fingerprint density at radius 3 is 2.56 bits per heavy atom. The Bertz CT molecular complexity index is 1030. The molecule has 10 heteroatoms. The molecule has 0 bridgehead atoms. The normalized spacial score (nSPS) is 11.5. The summed E-state index contributed by atoms with van der Waals surface area (Å²) < 4.78 is 29.8. The number of aromatic nitrogens is 4. The van der Waals surface area contributed by atoms with E-state index in [4.69, 9.17) is 9.88 Å². The molecular formula is C17H19N5O3S2. The number of nitrogens with two attached hydrogens (primary N) is 1. The highest BCUT2D eigenvalue weighted by molar-refractivity contribution is 7.99. The Hall–Kier alpha value is -2.43. The molecule has 142 valence electrons. The second kappa shape index (κ2) is 8.07. The topological polar surface area (TPSA) is 113 Å². The fourth-order valence-corrected chi connectivity index (χ4v) is 3.70. The van der Waals surface area contributed by atoms with Gasteiger partial charge < -0.3 is 4.74 Å². The van der Waals surface area contributed by atoms with Crippen molar-refractivity contribution in [2.24, 2.45) is 5.14 Å². The van der Waals surface area contributed by atoms with Gasteiger partial charge >= 0.3 is 0 Å². The second-order valence-corrected chi connectivity index (χ2v) is 8.50. The van der Waals surface area contributed by atoms with Crippen molar-refractivity contribution in [2.75, 3.05) is 12.4 Å². The molecule has 0 aliphatic rings. The van der Waals surface area contributed by atoms with Gasteiger partial charge in [0.05, 0.1) is 17.2 Å². The van der Waals surface area contributed by atoms with Gasteiger partial charge in [-0.2, -0.15) is 4.68 Å². The number of aryl methyl sites for hydroxylation is 2. The van der Waals surface area contributed by atoms with Crippen LogP contribution in [0.2, 0.25) is 0 Å². The number of thioether (sulfide) groups is 1. The molecule has 0 spiro atoms. The van der Waals surface area contributed by atoms with Crippen molar-refractivity contribution in [1.82, 2.24) is 20.2 Å². The van der Waals surface area contributed by atoms with E-state index in [-0.39, 0.29) is 4.90 Å². The number of hydrogen-bond acceptors (Lipinski definition) is 7. The summed E-state index contributed by atoms with van der Waals surface area (Å²) in [6, 6.07) is 12.1. The highest BCUT2D eigenvalue weighted by Crippen LogP contribution is 2.22. The molecule has 0 atom stereocenters. The minimum Gasteiger partial charge on any atom is -0.493 e. The van der Waals surface area contributed by atoms with Crippen molar-refractivity contribution in [1.29, 1.82) is 0 Å². The van der Waals surface area contributed by atoms with Crippen molar-refractivity contribution >= 4 is 21.8 Å². The standard InChI is InChI=1S/C17H19N5O3S2/c1-12-3-8-16(13(2)11-12)22-17(19-20-21-22)26-10-9-25-14-4-6-15(7-5-14)27(18,23)24/h3-8,11H,9-10H2,1-2H3,(H2,18,23,24). The molecule has 8 nitrogen and oxygen atoms in total. The van der Waals surface area contributed by atoms with Gasteiger partial charge in [0.25, 0.3) is 0 Å². The molecule has 1 aromatic heterocycles. The Balaban J connectivity index is 1.58. The van der Waals surface area contributed by atoms with Crippen LogP contribution in [-0.4, -0.2) is 41.0 Å². The highest BCUT2D eigenvalue weighted by atomic mass is 32.2. The van der Waals surface area contributed by atoms with Crippen LogP contribution in [0.3, 0.4) is 0 Å². The molecule has 3 aromatic rings. The molecule has 2 N–H and O–H groups in total. The molecule has 3 rings (SSSR count). The first kappa shape index (κ1) is 19.3. The Morgan fingerprint density at radius 2 is 1.89 bits per heavy atom. The minimum absolute atomic E-state index is 0.0527. The maximum atomic E-state index is 11.2. The summed E-state index contributed by atoms with van der Waals surface area (Å²) in [5.74, 6) is 1.19. The molecule has 0 amide bonds. The molecular weight excluding hydrogens is 386 g/mol. The van der Waals surface area contributed by atoms with Gasteiger partial charge in [-0.05, 0) is 60.2 Å². The zero-order chi connectivity index (χ0) is 19.4. The van der Waals surface area contributed by atoms with E-state index in [9.17, 15) is 8.42 Å². The first-order chi connectivity index (χ1) is 12.8. The number of nitrogens with zero attached hydrogens (tertiary/aromatic N) is 4. The summed E-state index contributed by atoms with van der Waals surface area (Å²) in [7, 11) is -3.70. The second-order valence-electron chi connectivity index (χ2n) is 5.88. The molecule has 0 saturated carbocycles. The summed E-state index contributed by atoms with van der Waals surface area (Å²) in [5.41, 5.74) is 3.21. The lowest BCUT2D eigenvalue weighted by atomic mass is 10.1. The van der Waals surface area contributed by atoms with Crippen molar-refractivity contribution in [3.05, 3.63) is 53.6 Å². The van der Waals surface area contributed by atoms with Gasteiger partial charge in [0.1, 0.15) is 5.75 Å². The van der Waals surface area contributed by atoms with E-state index in [1.54, 1.807) is 16.8 Å². The predicted octanol–water partition coefficient (Wildman–Crippen LogP) is 2.10. The number of sulfonamides is 1. The molecule has 0 fully saturated rings. The summed E-state index contributed by atoms with van der Waals surface area (Å²) >= 11 is 1.47. The molecule has 0 aliphatic heterocycles. The van der Waals surface area contributed by atoms with Gasteiger partial charge in [-0.1, -0.05) is 29.5 Å². The fraction of sp³-hybridized carbons (Fsp3) is 0.235. The molecule has 0 radical (unpaired) electrons. The molecule has 2 aromatic carbocycles. The van der Waals surface area contributed by atoms with Gasteiger partial charge in [0, 0.05) is 5.75 Å². The van der Waals surface area contributed by atoms with Crippen molar-refractivity contribution in [3.63, 3.8) is 0 Å². The number of hydrogen-bond donors (Lipinski definition) is 1. The highest BCUT2D eigenvalue weighted by Gasteiger charge is 2.11. The third kappa shape index (κ3) is 4.85. The lowest BCUT2D eigenvalue weighted by molar-refractivity contribution is 0.343. The molecule has 0 saturated heterocycles. The Morgan fingerprint density at radius 1 is 1.15 bits per heavy atom. The zero-order valence-electron chi connectivity index (χ0n) is 14.9. The first-order valence-corrected chi connectivity index (χ1v) is 10.6. The number of ether oxygens (including phenoxy) is 1. The van der Waals surface area contributed by atoms with Crippen molar-refractivity contribution in [2.45, 2.75) is 23.9 Å². The van der Waals surface area contributed by atoms with Gasteiger partial charge in [-0.25, -0.2) is 13.6 Å². The van der Waals surface area contributed by atoms with E-state index in [0.717, 1.165) is 11.3 Å². The minimum atomic E-state index is -3.70. The van der Waals surface area contributed by atoms with Crippen LogP contribution >= 0.6 is 11.8 Å². The molecule has 27 heavy (non-hydrogen) atoms. The van der Waals surface area contributed by atoms with Crippen LogP contribution < -0.4 is 9.88 Å². The number of rotatable bonds is 7. The van der Waals surface area contributed by atoms with Gasteiger partial charge in [0.15, 0.2) is 0 Å². The van der Waals surface area contributed by atoms with Crippen LogP contribution in [0.15, 0.2) is 52.5 Å². The van der Waals surface area contributed by atoms with Crippen molar-refractivity contribution in [3.8, 4) is 11.4 Å². The predicted molar refractivity (Wildman–Crippen MR) is 103 cm³/mol. The van der Waals surface area contributed by atoms with Crippen LogP contribution in [-0.2, 0) is 10.0 Å². The lowest BCUT2D eigenvalue weighted by Gasteiger charge is -2.09. The molecule has 1 heterocycles. The quantitative estimate of drug-likeness (QED) is 0.473. The van der Waals surface area contributed by atoms with Crippen LogP contribution in [0.5, 0.6) is 5.75 Å². The number of tetrazole rings is 1. The van der Waals surface area contributed by atoms with Crippen LogP contribution in [0.4, 0.5) is 0 Å². The van der Waals surface area contributed by atoms with Crippen LogP contribution in [0.25, 0.3) is 5.69 Å². The van der Waals surface area contributed by atoms with E-state index in [0.29, 0.717) is 23.3 Å². The SMILES string of the molecule is Cc1ccc(-n2nnnc2SCCOc2ccc(S(N)(=O)=O)cc2)c(C)c1. The van der Waals surface area contributed by atoms with E-state index in [1.807, 2.05) is 26.0 Å². The number of benzene rings is 2. The summed E-state index contributed by atoms with van der Waals surface area (Å²) in [6.07, 6.45) is 0. The van der Waals surface area contributed by atoms with Crippen LogP contribution in [0, 0.1) is 13.8 Å². The van der Waals surface area contributed by atoms with E-state index in [2.05, 4.69) is 21.6 Å². The summed E-state index contributed by atoms with van der Waals surface area (Å²) in [4.78, 5) is 0.0527.